The van der Waals surface area contributed by atoms with Crippen molar-refractivity contribution in [2.24, 2.45) is 0 Å². The number of anilines is 1. The van der Waals surface area contributed by atoms with E-state index in [4.69, 9.17) is 4.74 Å². The van der Waals surface area contributed by atoms with Gasteiger partial charge in [-0.2, -0.15) is 0 Å². The van der Waals surface area contributed by atoms with Crippen LogP contribution in [0.2, 0.25) is 0 Å². The van der Waals surface area contributed by atoms with Crippen LogP contribution in [-0.4, -0.2) is 25.5 Å². The van der Waals surface area contributed by atoms with Gasteiger partial charge in [0, 0.05) is 0 Å². The molecule has 22 heavy (non-hydrogen) atoms. The molecular formula is C15H18N2O3S2. The van der Waals surface area contributed by atoms with Gasteiger partial charge in [-0.05, 0) is 39.8 Å². The first-order valence-corrected chi connectivity index (χ1v) is 9.21. The molecule has 5 nitrogen and oxygen atoms in total. The molecule has 0 spiro atoms. The first-order chi connectivity index (χ1) is 10.2. The molecule has 0 radical (unpaired) electrons. The third-order valence-electron chi connectivity index (χ3n) is 3.43. The first-order valence-electron chi connectivity index (χ1n) is 6.95. The van der Waals surface area contributed by atoms with Gasteiger partial charge in [0.05, 0.1) is 22.9 Å². The van der Waals surface area contributed by atoms with Gasteiger partial charge in [0.25, 0.3) is 10.0 Å². The molecule has 0 bridgehead atoms. The zero-order chi connectivity index (χ0) is 16.1. The second-order valence-corrected chi connectivity index (χ2v) is 9.21. The quantitative estimate of drug-likeness (QED) is 0.844. The SMILES string of the molecule is Cc1nc(C)c(S(=O)(=O)N2CC(C)(C)Oc3ccccc32)s1. The van der Waals surface area contributed by atoms with Crippen molar-refractivity contribution in [2.75, 3.05) is 10.8 Å². The van der Waals surface area contributed by atoms with Crippen LogP contribution in [0.25, 0.3) is 0 Å². The topological polar surface area (TPSA) is 59.5 Å². The molecule has 0 aliphatic carbocycles. The maximum atomic E-state index is 13.1. The van der Waals surface area contributed by atoms with Crippen molar-refractivity contribution in [3.05, 3.63) is 35.0 Å². The minimum Gasteiger partial charge on any atom is -0.484 e. The van der Waals surface area contributed by atoms with Crippen LogP contribution in [0.4, 0.5) is 5.69 Å². The lowest BCUT2D eigenvalue weighted by atomic mass is 10.1. The van der Waals surface area contributed by atoms with E-state index in [0.29, 0.717) is 21.3 Å². The highest BCUT2D eigenvalue weighted by Crippen LogP contribution is 2.40. The molecule has 0 fully saturated rings. The van der Waals surface area contributed by atoms with Crippen LogP contribution in [0.15, 0.2) is 28.5 Å². The number of thiazole rings is 1. The molecule has 0 saturated heterocycles. The average Bonchev–Trinajstić information content (AvgIpc) is 2.76. The summed E-state index contributed by atoms with van der Waals surface area (Å²) in [6.45, 7) is 7.58. The Labute approximate surface area is 134 Å². The van der Waals surface area contributed by atoms with E-state index in [1.54, 1.807) is 19.1 Å². The number of fused-ring (bicyclic) bond motifs is 1. The van der Waals surface area contributed by atoms with Gasteiger partial charge >= 0.3 is 0 Å². The minimum absolute atomic E-state index is 0.267. The smallest absolute Gasteiger partial charge is 0.275 e. The fourth-order valence-corrected chi connectivity index (χ4v) is 5.78. The van der Waals surface area contributed by atoms with E-state index in [-0.39, 0.29) is 6.54 Å². The molecule has 7 heteroatoms. The Morgan fingerprint density at radius 2 is 1.95 bits per heavy atom. The van der Waals surface area contributed by atoms with Gasteiger partial charge in [0.2, 0.25) is 0 Å². The molecule has 1 aliphatic heterocycles. The van der Waals surface area contributed by atoms with Gasteiger partial charge in [-0.25, -0.2) is 13.4 Å². The minimum atomic E-state index is -3.65. The van der Waals surface area contributed by atoms with E-state index in [2.05, 4.69) is 4.98 Å². The largest absolute Gasteiger partial charge is 0.484 e. The van der Waals surface area contributed by atoms with Crippen molar-refractivity contribution >= 4 is 27.0 Å². The zero-order valence-corrected chi connectivity index (χ0v) is 14.6. The molecule has 0 amide bonds. The number of aryl methyl sites for hydroxylation is 2. The summed E-state index contributed by atoms with van der Waals surface area (Å²) < 4.78 is 33.9. The Kier molecular flexibility index (Phi) is 3.45. The van der Waals surface area contributed by atoms with Crippen LogP contribution in [0.3, 0.4) is 0 Å². The third-order valence-corrected chi connectivity index (χ3v) is 6.85. The highest BCUT2D eigenvalue weighted by atomic mass is 32.2. The molecule has 0 atom stereocenters. The number of nitrogens with zero attached hydrogens (tertiary/aromatic N) is 2. The van der Waals surface area contributed by atoms with E-state index in [0.717, 1.165) is 5.01 Å². The van der Waals surface area contributed by atoms with Gasteiger partial charge in [0.15, 0.2) is 4.21 Å². The monoisotopic (exact) mass is 338 g/mol. The van der Waals surface area contributed by atoms with E-state index < -0.39 is 15.6 Å². The van der Waals surface area contributed by atoms with Crippen molar-refractivity contribution in [3.63, 3.8) is 0 Å². The van der Waals surface area contributed by atoms with E-state index in [9.17, 15) is 8.42 Å². The first kappa shape index (κ1) is 15.3. The van der Waals surface area contributed by atoms with Gasteiger partial charge in [0.1, 0.15) is 11.4 Å². The molecule has 0 N–H and O–H groups in total. The normalized spacial score (nSPS) is 17.0. The lowest BCUT2D eigenvalue weighted by Gasteiger charge is -2.39. The number of aromatic nitrogens is 1. The Morgan fingerprint density at radius 1 is 1.27 bits per heavy atom. The van der Waals surface area contributed by atoms with Gasteiger partial charge in [-0.3, -0.25) is 4.31 Å². The Hall–Kier alpha value is -1.60. The molecule has 118 valence electrons. The second kappa shape index (κ2) is 4.96. The summed E-state index contributed by atoms with van der Waals surface area (Å²) in [7, 11) is -3.65. The maximum Gasteiger partial charge on any atom is 0.275 e. The van der Waals surface area contributed by atoms with Crippen molar-refractivity contribution < 1.29 is 13.2 Å². The molecular weight excluding hydrogens is 320 g/mol. The molecule has 1 aromatic heterocycles. The summed E-state index contributed by atoms with van der Waals surface area (Å²) in [6, 6.07) is 7.22. The third kappa shape index (κ3) is 2.48. The highest BCUT2D eigenvalue weighted by molar-refractivity contribution is 7.94. The molecule has 3 rings (SSSR count). The summed E-state index contributed by atoms with van der Waals surface area (Å²) in [5.74, 6) is 0.584. The number of ether oxygens (including phenoxy) is 1. The number of hydrogen-bond acceptors (Lipinski definition) is 5. The standard InChI is InChI=1S/C15H18N2O3S2/c1-10-14(21-11(2)16-10)22(18,19)17-9-15(3,4)20-13-8-6-5-7-12(13)17/h5-8H,9H2,1-4H3. The summed E-state index contributed by atoms with van der Waals surface area (Å²) in [4.78, 5) is 4.25. The van der Waals surface area contributed by atoms with Gasteiger partial charge < -0.3 is 4.74 Å². The summed E-state index contributed by atoms with van der Waals surface area (Å²) >= 11 is 1.21. The zero-order valence-electron chi connectivity index (χ0n) is 13.0. The van der Waals surface area contributed by atoms with Gasteiger partial charge in [-0.15, -0.1) is 11.3 Å². The molecule has 1 aliphatic rings. The van der Waals surface area contributed by atoms with Crippen LogP contribution in [0.5, 0.6) is 5.75 Å². The van der Waals surface area contributed by atoms with Crippen molar-refractivity contribution in [3.8, 4) is 5.75 Å². The predicted octanol–water partition coefficient (Wildman–Crippen LogP) is 3.13. The number of para-hydroxylation sites is 2. The predicted molar refractivity (Wildman–Crippen MR) is 87.3 cm³/mol. The molecule has 2 aromatic rings. The Bertz CT molecular complexity index is 825. The number of sulfonamides is 1. The molecule has 0 saturated carbocycles. The fourth-order valence-electron chi connectivity index (χ4n) is 2.58. The van der Waals surface area contributed by atoms with Crippen LogP contribution in [0.1, 0.15) is 24.5 Å². The van der Waals surface area contributed by atoms with Crippen molar-refractivity contribution in [2.45, 2.75) is 37.5 Å². The highest BCUT2D eigenvalue weighted by Gasteiger charge is 2.39. The van der Waals surface area contributed by atoms with Crippen LogP contribution in [0, 0.1) is 13.8 Å². The van der Waals surface area contributed by atoms with E-state index >= 15 is 0 Å². The molecule has 0 unspecified atom stereocenters. The Morgan fingerprint density at radius 3 is 2.59 bits per heavy atom. The number of benzene rings is 1. The summed E-state index contributed by atoms with van der Waals surface area (Å²) in [6.07, 6.45) is 0. The second-order valence-electron chi connectivity index (χ2n) is 5.95. The lowest BCUT2D eigenvalue weighted by molar-refractivity contribution is 0.110. The average molecular weight is 338 g/mol. The lowest BCUT2D eigenvalue weighted by Crippen LogP contribution is -2.49. The van der Waals surface area contributed by atoms with E-state index in [1.807, 2.05) is 32.9 Å². The van der Waals surface area contributed by atoms with E-state index in [1.165, 1.54) is 15.6 Å². The Balaban J connectivity index is 2.17. The van der Waals surface area contributed by atoms with Crippen LogP contribution < -0.4 is 9.04 Å². The number of rotatable bonds is 2. The van der Waals surface area contributed by atoms with Gasteiger partial charge in [-0.1, -0.05) is 12.1 Å². The van der Waals surface area contributed by atoms with Crippen molar-refractivity contribution in [1.29, 1.82) is 0 Å². The fraction of sp³-hybridized carbons (Fsp3) is 0.400. The molecule has 1 aromatic carbocycles. The summed E-state index contributed by atoms with van der Waals surface area (Å²) in [5, 5.41) is 0.747. The molecule has 2 heterocycles. The van der Waals surface area contributed by atoms with Crippen LogP contribution in [-0.2, 0) is 10.0 Å². The van der Waals surface area contributed by atoms with Crippen LogP contribution >= 0.6 is 11.3 Å². The number of hydrogen-bond donors (Lipinski definition) is 0. The van der Waals surface area contributed by atoms with Crippen molar-refractivity contribution in [1.82, 2.24) is 4.98 Å². The summed E-state index contributed by atoms with van der Waals surface area (Å²) in [5.41, 5.74) is 0.534. The maximum absolute atomic E-state index is 13.1.